The Morgan fingerprint density at radius 3 is 1.86 bits per heavy atom. The van der Waals surface area contributed by atoms with Crippen LogP contribution in [0.25, 0.3) is 0 Å². The Morgan fingerprint density at radius 2 is 1.41 bits per heavy atom. The van der Waals surface area contributed by atoms with Crippen LogP contribution in [-0.4, -0.2) is 33.4 Å². The van der Waals surface area contributed by atoms with Crippen molar-refractivity contribution < 1.29 is 24.9 Å². The Bertz CT molecular complexity index is 360. The summed E-state index contributed by atoms with van der Waals surface area (Å²) >= 11 is 0. The maximum atomic E-state index is 11.0. The van der Waals surface area contributed by atoms with Crippen LogP contribution < -0.4 is 0 Å². The molecule has 0 fully saturated rings. The van der Waals surface area contributed by atoms with E-state index in [9.17, 15) is 14.7 Å². The van der Waals surface area contributed by atoms with Gasteiger partial charge in [0.1, 0.15) is 0 Å². The molecule has 0 aromatic rings. The highest BCUT2D eigenvalue weighted by molar-refractivity contribution is 5.73. The van der Waals surface area contributed by atoms with Crippen LogP contribution in [0.3, 0.4) is 0 Å². The molecule has 0 aliphatic heterocycles. The van der Waals surface area contributed by atoms with E-state index in [1.807, 2.05) is 0 Å². The highest BCUT2D eigenvalue weighted by Crippen LogP contribution is 2.30. The fourth-order valence-corrected chi connectivity index (χ4v) is 2.42. The number of carboxylic acids is 2. The third-order valence-corrected chi connectivity index (χ3v) is 4.32. The highest BCUT2D eigenvalue weighted by Gasteiger charge is 2.26. The van der Waals surface area contributed by atoms with E-state index in [2.05, 4.69) is 13.8 Å². The molecule has 0 saturated heterocycles. The van der Waals surface area contributed by atoms with E-state index in [4.69, 9.17) is 10.2 Å². The average molecular weight is 316 g/mol. The summed E-state index contributed by atoms with van der Waals surface area (Å²) in [6.07, 6.45) is 4.72. The zero-order valence-electron chi connectivity index (χ0n) is 14.4. The monoisotopic (exact) mass is 316 g/mol. The van der Waals surface area contributed by atoms with Crippen molar-refractivity contribution in [3.05, 3.63) is 0 Å². The normalized spacial score (nSPS) is 13.9. The number of hydrogen-bond donors (Lipinski definition) is 3. The number of aliphatic carboxylic acids is 2. The van der Waals surface area contributed by atoms with Crippen molar-refractivity contribution in [1.82, 2.24) is 0 Å². The topological polar surface area (TPSA) is 94.8 Å². The van der Waals surface area contributed by atoms with Crippen molar-refractivity contribution in [2.75, 3.05) is 0 Å². The second kappa shape index (κ2) is 9.13. The number of carbonyl (C=O) groups is 2. The molecule has 0 bridgehead atoms. The molecule has 3 N–H and O–H groups in total. The van der Waals surface area contributed by atoms with Crippen molar-refractivity contribution >= 4 is 11.9 Å². The van der Waals surface area contributed by atoms with Crippen LogP contribution in [0.15, 0.2) is 0 Å². The van der Waals surface area contributed by atoms with Crippen LogP contribution in [0.4, 0.5) is 0 Å². The van der Waals surface area contributed by atoms with Gasteiger partial charge in [-0.1, -0.05) is 20.3 Å². The van der Waals surface area contributed by atoms with Crippen LogP contribution in [0, 0.1) is 10.8 Å². The molecule has 1 unspecified atom stereocenters. The second-order valence-electron chi connectivity index (χ2n) is 7.69. The van der Waals surface area contributed by atoms with Crippen LogP contribution in [0.5, 0.6) is 0 Å². The number of aliphatic hydroxyl groups excluding tert-OH is 1. The molecule has 0 radical (unpaired) electrons. The molecule has 0 aliphatic rings. The standard InChI is InChI=1S/C17H32O5/c1-16(2,12-9-14(19)20)10-5-7-13(18)8-6-11-17(3,4)15(21)22/h13,18H,5-12H2,1-4H3,(H,19,20)(H,21,22). The Balaban J connectivity index is 3.88. The summed E-state index contributed by atoms with van der Waals surface area (Å²) < 4.78 is 0. The molecule has 0 rings (SSSR count). The summed E-state index contributed by atoms with van der Waals surface area (Å²) in [6.45, 7) is 7.51. The molecule has 5 heteroatoms. The van der Waals surface area contributed by atoms with Gasteiger partial charge in [0.15, 0.2) is 0 Å². The van der Waals surface area contributed by atoms with Gasteiger partial charge in [0.2, 0.25) is 0 Å². The molecule has 0 aliphatic carbocycles. The van der Waals surface area contributed by atoms with Crippen molar-refractivity contribution in [2.45, 2.75) is 85.2 Å². The Kier molecular flexibility index (Phi) is 8.68. The summed E-state index contributed by atoms with van der Waals surface area (Å²) in [4.78, 5) is 21.6. The minimum atomic E-state index is -0.804. The number of hydrogen-bond acceptors (Lipinski definition) is 3. The maximum absolute atomic E-state index is 11.0. The van der Waals surface area contributed by atoms with Crippen molar-refractivity contribution in [2.24, 2.45) is 10.8 Å². The SMILES string of the molecule is CC(C)(CCCC(O)CCCC(C)(C)C(=O)O)CCC(=O)O. The van der Waals surface area contributed by atoms with Gasteiger partial charge in [-0.25, -0.2) is 0 Å². The average Bonchev–Trinajstić information content (AvgIpc) is 2.36. The third kappa shape index (κ3) is 9.77. The van der Waals surface area contributed by atoms with E-state index in [1.54, 1.807) is 13.8 Å². The summed E-state index contributed by atoms with van der Waals surface area (Å²) in [7, 11) is 0. The fourth-order valence-electron chi connectivity index (χ4n) is 2.42. The Morgan fingerprint density at radius 1 is 0.909 bits per heavy atom. The van der Waals surface area contributed by atoms with Crippen molar-refractivity contribution in [1.29, 1.82) is 0 Å². The lowest BCUT2D eigenvalue weighted by molar-refractivity contribution is -0.147. The molecule has 0 heterocycles. The molecular formula is C17H32O5. The molecule has 22 heavy (non-hydrogen) atoms. The fraction of sp³-hybridized carbons (Fsp3) is 0.882. The van der Waals surface area contributed by atoms with Crippen molar-refractivity contribution in [3.63, 3.8) is 0 Å². The van der Waals surface area contributed by atoms with E-state index in [0.29, 0.717) is 32.1 Å². The van der Waals surface area contributed by atoms with Gasteiger partial charge in [-0.2, -0.15) is 0 Å². The number of rotatable bonds is 12. The predicted molar refractivity (Wildman–Crippen MR) is 85.8 cm³/mol. The van der Waals surface area contributed by atoms with E-state index in [-0.39, 0.29) is 11.8 Å². The first-order chi connectivity index (χ1) is 9.96. The Labute approximate surface area is 133 Å². The third-order valence-electron chi connectivity index (χ3n) is 4.32. The van der Waals surface area contributed by atoms with E-state index >= 15 is 0 Å². The van der Waals surface area contributed by atoms with Crippen LogP contribution in [-0.2, 0) is 9.59 Å². The lowest BCUT2D eigenvalue weighted by Gasteiger charge is -2.24. The van der Waals surface area contributed by atoms with E-state index < -0.39 is 23.5 Å². The van der Waals surface area contributed by atoms with Gasteiger partial charge in [0.25, 0.3) is 0 Å². The van der Waals surface area contributed by atoms with Gasteiger partial charge in [-0.15, -0.1) is 0 Å². The van der Waals surface area contributed by atoms with Gasteiger partial charge in [-0.3, -0.25) is 9.59 Å². The second-order valence-corrected chi connectivity index (χ2v) is 7.69. The van der Waals surface area contributed by atoms with Crippen molar-refractivity contribution in [3.8, 4) is 0 Å². The van der Waals surface area contributed by atoms with Gasteiger partial charge in [-0.05, 0) is 57.8 Å². The summed E-state index contributed by atoms with van der Waals surface area (Å²) in [5.41, 5.74) is -0.762. The minimum absolute atomic E-state index is 0.0244. The molecule has 5 nitrogen and oxygen atoms in total. The lowest BCUT2D eigenvalue weighted by atomic mass is 9.82. The molecular weight excluding hydrogens is 284 g/mol. The first-order valence-electron chi connectivity index (χ1n) is 8.09. The van der Waals surface area contributed by atoms with E-state index in [0.717, 1.165) is 12.8 Å². The van der Waals surface area contributed by atoms with Gasteiger partial charge in [0.05, 0.1) is 11.5 Å². The lowest BCUT2D eigenvalue weighted by Crippen LogP contribution is -2.24. The largest absolute Gasteiger partial charge is 0.481 e. The number of carboxylic acid groups (broad SMARTS) is 2. The zero-order valence-corrected chi connectivity index (χ0v) is 14.4. The number of aliphatic hydroxyl groups is 1. The highest BCUT2D eigenvalue weighted by atomic mass is 16.4. The van der Waals surface area contributed by atoms with Crippen LogP contribution >= 0.6 is 0 Å². The smallest absolute Gasteiger partial charge is 0.309 e. The molecule has 1 atom stereocenters. The minimum Gasteiger partial charge on any atom is -0.481 e. The molecule has 0 saturated carbocycles. The molecule has 0 aromatic carbocycles. The molecule has 0 amide bonds. The predicted octanol–water partition coefficient (Wildman–Crippen LogP) is 3.69. The first kappa shape index (κ1) is 20.9. The molecule has 0 spiro atoms. The summed E-state index contributed by atoms with van der Waals surface area (Å²) in [5, 5.41) is 27.7. The van der Waals surface area contributed by atoms with Crippen LogP contribution in [0.2, 0.25) is 0 Å². The maximum Gasteiger partial charge on any atom is 0.309 e. The molecule has 130 valence electrons. The quantitative estimate of drug-likeness (QED) is 0.510. The van der Waals surface area contributed by atoms with Gasteiger partial charge in [0, 0.05) is 6.42 Å². The van der Waals surface area contributed by atoms with Gasteiger partial charge < -0.3 is 15.3 Å². The summed E-state index contributed by atoms with van der Waals surface area (Å²) in [6, 6.07) is 0. The zero-order chi connectivity index (χ0) is 17.4. The first-order valence-corrected chi connectivity index (χ1v) is 8.09. The van der Waals surface area contributed by atoms with Gasteiger partial charge >= 0.3 is 11.9 Å². The Hall–Kier alpha value is -1.10. The summed E-state index contributed by atoms with van der Waals surface area (Å²) in [5.74, 6) is -1.57. The van der Waals surface area contributed by atoms with Crippen LogP contribution in [0.1, 0.15) is 79.1 Å². The molecule has 0 aromatic heterocycles. The van der Waals surface area contributed by atoms with E-state index in [1.165, 1.54) is 0 Å².